The van der Waals surface area contributed by atoms with Gasteiger partial charge in [0.05, 0.1) is 12.7 Å². The second-order valence-electron chi connectivity index (χ2n) is 10.0. The van der Waals surface area contributed by atoms with Crippen molar-refractivity contribution in [1.82, 2.24) is 5.32 Å². The molecule has 0 aromatic heterocycles. The fourth-order valence-corrected chi connectivity index (χ4v) is 6.08. The van der Waals surface area contributed by atoms with Gasteiger partial charge in [-0.05, 0) is 38.0 Å². The van der Waals surface area contributed by atoms with E-state index in [1.54, 1.807) is 0 Å². The van der Waals surface area contributed by atoms with Gasteiger partial charge in [0.25, 0.3) is 0 Å². The summed E-state index contributed by atoms with van der Waals surface area (Å²) in [6, 6.07) is 0.292. The Kier molecular flexibility index (Phi) is 8.07. The Morgan fingerprint density at radius 2 is 1.97 bits per heavy atom. The van der Waals surface area contributed by atoms with Gasteiger partial charge in [0.15, 0.2) is 0 Å². The Morgan fingerprint density at radius 3 is 2.69 bits per heavy atom. The standard InChI is InChI=1S/C25H43NO3/c1-5-6-7-11-14-22-23-18(2)15-19(3)25(16-28-22,20(23)4)17-29-24(27)26-21-12-9-8-10-13-21/h15,19-23H,5-14,16-17H2,1-4H3,(H,26,27)/t19-,20-,22-,23-,25+/m0/s1. The van der Waals surface area contributed by atoms with Crippen LogP contribution in [0.2, 0.25) is 0 Å². The number of unbranched alkanes of at least 4 members (excludes halogenated alkanes) is 3. The van der Waals surface area contributed by atoms with Crippen LogP contribution in [0, 0.1) is 23.2 Å². The maximum atomic E-state index is 12.5. The Morgan fingerprint density at radius 1 is 1.21 bits per heavy atom. The van der Waals surface area contributed by atoms with E-state index < -0.39 is 0 Å². The summed E-state index contributed by atoms with van der Waals surface area (Å²) in [7, 11) is 0. The fourth-order valence-electron chi connectivity index (χ4n) is 6.08. The molecule has 29 heavy (non-hydrogen) atoms. The Balaban J connectivity index is 1.60. The van der Waals surface area contributed by atoms with Crippen LogP contribution < -0.4 is 5.32 Å². The summed E-state index contributed by atoms with van der Waals surface area (Å²) in [5, 5.41) is 3.10. The lowest BCUT2D eigenvalue weighted by Crippen LogP contribution is -2.57. The minimum absolute atomic E-state index is 0.103. The van der Waals surface area contributed by atoms with E-state index in [0.717, 1.165) is 19.3 Å². The molecule has 1 amide bonds. The first kappa shape index (κ1) is 22.7. The maximum Gasteiger partial charge on any atom is 0.407 e. The summed E-state index contributed by atoms with van der Waals surface area (Å²) in [6.07, 6.45) is 14.6. The largest absolute Gasteiger partial charge is 0.449 e. The molecule has 1 heterocycles. The zero-order valence-corrected chi connectivity index (χ0v) is 19.2. The molecule has 2 fully saturated rings. The van der Waals surface area contributed by atoms with Crippen molar-refractivity contribution in [2.45, 2.75) is 104 Å². The van der Waals surface area contributed by atoms with Gasteiger partial charge in [0.2, 0.25) is 0 Å². The first-order chi connectivity index (χ1) is 14.0. The van der Waals surface area contributed by atoms with E-state index in [4.69, 9.17) is 9.47 Å². The lowest BCUT2D eigenvalue weighted by atomic mass is 9.56. The van der Waals surface area contributed by atoms with Gasteiger partial charge in [-0.2, -0.15) is 0 Å². The lowest BCUT2D eigenvalue weighted by Gasteiger charge is -2.55. The van der Waals surface area contributed by atoms with Crippen molar-refractivity contribution in [2.75, 3.05) is 13.2 Å². The van der Waals surface area contributed by atoms with Gasteiger partial charge >= 0.3 is 6.09 Å². The van der Waals surface area contributed by atoms with Crippen LogP contribution in [0.15, 0.2) is 11.6 Å². The molecule has 2 aliphatic carbocycles. The van der Waals surface area contributed by atoms with Crippen molar-refractivity contribution in [3.63, 3.8) is 0 Å². The first-order valence-corrected chi connectivity index (χ1v) is 12.2. The summed E-state index contributed by atoms with van der Waals surface area (Å²) in [4.78, 5) is 12.5. The van der Waals surface area contributed by atoms with Crippen LogP contribution >= 0.6 is 0 Å². The molecular formula is C25H43NO3. The minimum atomic E-state index is -0.241. The minimum Gasteiger partial charge on any atom is -0.449 e. The molecule has 5 atom stereocenters. The number of allylic oxidation sites excluding steroid dienone is 1. The molecule has 1 aliphatic heterocycles. The van der Waals surface area contributed by atoms with E-state index in [2.05, 4.69) is 39.1 Å². The fraction of sp³-hybridized carbons (Fsp3) is 0.880. The van der Waals surface area contributed by atoms with Gasteiger partial charge in [-0.15, -0.1) is 0 Å². The van der Waals surface area contributed by atoms with Gasteiger partial charge in [-0.1, -0.05) is 77.4 Å². The molecule has 166 valence electrons. The summed E-state index contributed by atoms with van der Waals surface area (Å²) in [5.74, 6) is 1.28. The van der Waals surface area contributed by atoms with Gasteiger partial charge in [-0.3, -0.25) is 0 Å². The Bertz CT molecular complexity index is 568. The molecule has 4 nitrogen and oxygen atoms in total. The molecular weight excluding hydrogens is 362 g/mol. The molecule has 4 heteroatoms. The zero-order valence-electron chi connectivity index (χ0n) is 19.2. The predicted octanol–water partition coefficient (Wildman–Crippen LogP) is 6.25. The normalized spacial score (nSPS) is 35.1. The molecule has 3 rings (SSSR count). The lowest BCUT2D eigenvalue weighted by molar-refractivity contribution is -0.165. The molecule has 0 aromatic carbocycles. The van der Waals surface area contributed by atoms with E-state index in [1.807, 2.05) is 0 Å². The molecule has 3 aliphatic rings. The SMILES string of the molecule is CCCCCC[C@@H]1OC[C@@]2(COC(=O)NC3CCCCC3)[C@@H](C)C=C(C)[C@H]1[C@@H]2C. The molecule has 1 saturated carbocycles. The highest BCUT2D eigenvalue weighted by Crippen LogP contribution is 2.53. The third-order valence-electron chi connectivity index (χ3n) is 8.10. The van der Waals surface area contributed by atoms with E-state index in [9.17, 15) is 4.79 Å². The Labute approximate surface area is 178 Å². The predicted molar refractivity (Wildman–Crippen MR) is 118 cm³/mol. The highest BCUT2D eigenvalue weighted by Gasteiger charge is 2.54. The van der Waals surface area contributed by atoms with Crippen LogP contribution in [0.1, 0.15) is 91.9 Å². The van der Waals surface area contributed by atoms with Crippen LogP contribution in [0.5, 0.6) is 0 Å². The summed E-state index contributed by atoms with van der Waals surface area (Å²) < 4.78 is 12.3. The molecule has 0 radical (unpaired) electrons. The number of carbonyl (C=O) groups is 1. The second-order valence-corrected chi connectivity index (χ2v) is 10.0. The van der Waals surface area contributed by atoms with Gasteiger partial charge in [0, 0.05) is 17.4 Å². The highest BCUT2D eigenvalue weighted by atomic mass is 16.6. The van der Waals surface area contributed by atoms with E-state index in [0.29, 0.717) is 43.1 Å². The molecule has 0 unspecified atom stereocenters. The number of ether oxygens (including phenoxy) is 2. The van der Waals surface area contributed by atoms with E-state index in [-0.39, 0.29) is 11.5 Å². The third-order valence-corrected chi connectivity index (χ3v) is 8.10. The molecule has 0 spiro atoms. The molecule has 0 aromatic rings. The van der Waals surface area contributed by atoms with Crippen molar-refractivity contribution >= 4 is 6.09 Å². The van der Waals surface area contributed by atoms with E-state index in [1.165, 1.54) is 50.5 Å². The number of hydrogen-bond acceptors (Lipinski definition) is 3. The molecule has 1 saturated heterocycles. The number of hydrogen-bond donors (Lipinski definition) is 1. The third kappa shape index (κ3) is 5.18. The summed E-state index contributed by atoms with van der Waals surface area (Å²) in [5.41, 5.74) is 1.36. The van der Waals surface area contributed by atoms with Crippen molar-refractivity contribution in [1.29, 1.82) is 0 Å². The number of nitrogens with one attached hydrogen (secondary N) is 1. The van der Waals surface area contributed by atoms with Crippen LogP contribution in [-0.2, 0) is 9.47 Å². The van der Waals surface area contributed by atoms with Crippen molar-refractivity contribution in [2.24, 2.45) is 23.2 Å². The average Bonchev–Trinajstić information content (AvgIpc) is 2.70. The maximum absolute atomic E-state index is 12.5. The van der Waals surface area contributed by atoms with Gasteiger partial charge in [-0.25, -0.2) is 4.79 Å². The number of rotatable bonds is 8. The van der Waals surface area contributed by atoms with Crippen molar-refractivity contribution < 1.29 is 14.3 Å². The second kappa shape index (κ2) is 10.3. The van der Waals surface area contributed by atoms with Crippen molar-refractivity contribution in [3.05, 3.63) is 11.6 Å². The molecule has 2 bridgehead atoms. The van der Waals surface area contributed by atoms with E-state index >= 15 is 0 Å². The quantitative estimate of drug-likeness (QED) is 0.383. The number of fused-ring (bicyclic) bond motifs is 2. The topological polar surface area (TPSA) is 47.6 Å². The van der Waals surface area contributed by atoms with Crippen LogP contribution in [0.3, 0.4) is 0 Å². The number of alkyl carbamates (subject to hydrolysis) is 1. The smallest absolute Gasteiger partial charge is 0.407 e. The highest BCUT2D eigenvalue weighted by molar-refractivity contribution is 5.67. The van der Waals surface area contributed by atoms with Crippen LogP contribution in [-0.4, -0.2) is 31.5 Å². The van der Waals surface area contributed by atoms with Gasteiger partial charge in [0.1, 0.15) is 6.61 Å². The Hall–Kier alpha value is -1.03. The van der Waals surface area contributed by atoms with Crippen LogP contribution in [0.25, 0.3) is 0 Å². The zero-order chi connectivity index (χ0) is 20.9. The molecule has 1 N–H and O–H groups in total. The van der Waals surface area contributed by atoms with Gasteiger partial charge < -0.3 is 14.8 Å². The van der Waals surface area contributed by atoms with Crippen LogP contribution in [0.4, 0.5) is 4.79 Å². The number of carbonyl (C=O) groups excluding carboxylic acids is 1. The van der Waals surface area contributed by atoms with Crippen molar-refractivity contribution in [3.8, 4) is 0 Å². The average molecular weight is 406 g/mol. The summed E-state index contributed by atoms with van der Waals surface area (Å²) >= 11 is 0. The number of amides is 1. The summed E-state index contributed by atoms with van der Waals surface area (Å²) in [6.45, 7) is 10.3. The monoisotopic (exact) mass is 405 g/mol. The first-order valence-electron chi connectivity index (χ1n) is 12.2.